The van der Waals surface area contributed by atoms with Gasteiger partial charge < -0.3 is 15.1 Å². The van der Waals surface area contributed by atoms with Crippen molar-refractivity contribution < 1.29 is 22.8 Å². The molecule has 1 N–H and O–H groups in total. The highest BCUT2D eigenvalue weighted by Crippen LogP contribution is 2.38. The van der Waals surface area contributed by atoms with Crippen molar-refractivity contribution in [3.8, 4) is 11.1 Å². The highest BCUT2D eigenvalue weighted by atomic mass is 35.5. The summed E-state index contributed by atoms with van der Waals surface area (Å²) < 4.78 is 39.3. The lowest BCUT2D eigenvalue weighted by molar-refractivity contribution is -0.137. The molecule has 2 aliphatic rings. The van der Waals surface area contributed by atoms with Gasteiger partial charge in [-0.05, 0) is 66.6 Å². The molecule has 0 bridgehead atoms. The first kappa shape index (κ1) is 25.6. The zero-order valence-corrected chi connectivity index (χ0v) is 20.7. The number of alkyl halides is 3. The Hall–Kier alpha value is -2.45. The van der Waals surface area contributed by atoms with Crippen molar-refractivity contribution >= 4 is 35.1 Å². The van der Waals surface area contributed by atoms with E-state index in [1.165, 1.54) is 6.07 Å². The fraction of sp³-hybridized carbons (Fsp3) is 0.440. The maximum absolute atomic E-state index is 13.2. The molecule has 35 heavy (non-hydrogen) atoms. The maximum Gasteiger partial charge on any atom is 0.416 e. The largest absolute Gasteiger partial charge is 0.416 e. The van der Waals surface area contributed by atoms with Gasteiger partial charge in [0.15, 0.2) is 0 Å². The molecule has 0 saturated carbocycles. The van der Waals surface area contributed by atoms with E-state index in [1.807, 2.05) is 4.90 Å². The summed E-state index contributed by atoms with van der Waals surface area (Å²) in [6, 6.07) is 8.20. The summed E-state index contributed by atoms with van der Waals surface area (Å²) in [6.45, 7) is 1.85. The first-order valence-electron chi connectivity index (χ1n) is 11.5. The maximum atomic E-state index is 13.2. The van der Waals surface area contributed by atoms with Gasteiger partial charge in [-0.25, -0.2) is 4.79 Å². The first-order chi connectivity index (χ1) is 16.6. The molecule has 0 radical (unpaired) electrons. The number of halogens is 5. The van der Waals surface area contributed by atoms with Crippen LogP contribution in [-0.2, 0) is 17.4 Å². The van der Waals surface area contributed by atoms with Gasteiger partial charge in [0.1, 0.15) is 0 Å². The van der Waals surface area contributed by atoms with E-state index in [1.54, 1.807) is 30.1 Å². The minimum absolute atomic E-state index is 0.0532. The lowest BCUT2D eigenvalue weighted by Crippen LogP contribution is -2.49. The molecule has 2 aliphatic heterocycles. The number of urea groups is 1. The van der Waals surface area contributed by atoms with Crippen LogP contribution in [0, 0.1) is 5.92 Å². The van der Waals surface area contributed by atoms with Gasteiger partial charge in [-0.3, -0.25) is 4.79 Å². The number of hydrogen-bond acceptors (Lipinski definition) is 2. The monoisotopic (exact) mass is 527 g/mol. The molecule has 1 atom stereocenters. The smallest absolute Gasteiger partial charge is 0.341 e. The Balaban J connectivity index is 1.45. The normalized spacial score (nSPS) is 19.4. The number of nitrogens with one attached hydrogen (secondary N) is 1. The molecule has 0 aromatic heterocycles. The number of hydrogen-bond donors (Lipinski definition) is 1. The molecule has 188 valence electrons. The van der Waals surface area contributed by atoms with Gasteiger partial charge >= 0.3 is 12.2 Å². The second-order valence-corrected chi connectivity index (χ2v) is 9.81. The first-order valence-corrected chi connectivity index (χ1v) is 12.3. The summed E-state index contributed by atoms with van der Waals surface area (Å²) in [5.41, 5.74) is 0.723. The molecule has 0 spiro atoms. The summed E-state index contributed by atoms with van der Waals surface area (Å²) in [5, 5.41) is 3.29. The highest BCUT2D eigenvalue weighted by Gasteiger charge is 2.38. The van der Waals surface area contributed by atoms with Crippen molar-refractivity contribution in [2.45, 2.75) is 37.9 Å². The van der Waals surface area contributed by atoms with Crippen LogP contribution in [0.3, 0.4) is 0 Å². The Morgan fingerprint density at radius 3 is 2.29 bits per heavy atom. The minimum atomic E-state index is -4.45. The molecule has 2 fully saturated rings. The van der Waals surface area contributed by atoms with Crippen LogP contribution in [0.1, 0.15) is 30.4 Å². The van der Waals surface area contributed by atoms with Crippen LogP contribution in [0.2, 0.25) is 10.0 Å². The lowest BCUT2D eigenvalue weighted by atomic mass is 9.95. The van der Waals surface area contributed by atoms with E-state index in [9.17, 15) is 22.8 Å². The molecule has 0 aliphatic carbocycles. The zero-order chi connectivity index (χ0) is 25.3. The zero-order valence-electron chi connectivity index (χ0n) is 19.2. The number of benzene rings is 2. The van der Waals surface area contributed by atoms with Crippen molar-refractivity contribution in [3.63, 3.8) is 0 Å². The molecule has 2 aromatic carbocycles. The lowest BCUT2D eigenvalue weighted by Gasteiger charge is -2.36. The second kappa shape index (κ2) is 10.3. The Bertz CT molecular complexity index is 1090. The topological polar surface area (TPSA) is 52.7 Å². The van der Waals surface area contributed by atoms with E-state index in [4.69, 9.17) is 23.2 Å². The summed E-state index contributed by atoms with van der Waals surface area (Å²) >= 11 is 13.0. The number of carbonyl (C=O) groups is 2. The minimum Gasteiger partial charge on any atom is -0.341 e. The van der Waals surface area contributed by atoms with Crippen LogP contribution in [0.15, 0.2) is 36.4 Å². The number of amides is 3. The average molecular weight is 528 g/mol. The van der Waals surface area contributed by atoms with Gasteiger partial charge in [-0.15, -0.1) is 0 Å². The molecule has 4 rings (SSSR count). The van der Waals surface area contributed by atoms with Crippen LogP contribution in [0.25, 0.3) is 11.1 Å². The number of carbonyl (C=O) groups excluding carboxylic acids is 2. The number of likely N-dealkylation sites (tertiary alicyclic amines) is 2. The predicted octanol–water partition coefficient (Wildman–Crippen LogP) is 5.87. The molecule has 1 unspecified atom stereocenters. The predicted molar refractivity (Wildman–Crippen MR) is 129 cm³/mol. The van der Waals surface area contributed by atoms with Crippen molar-refractivity contribution in [1.29, 1.82) is 0 Å². The fourth-order valence-corrected chi connectivity index (χ4v) is 5.58. The van der Waals surface area contributed by atoms with Crippen molar-refractivity contribution in [1.82, 2.24) is 15.1 Å². The quantitative estimate of drug-likeness (QED) is 0.540. The van der Waals surface area contributed by atoms with Gasteiger partial charge in [-0.2, -0.15) is 13.2 Å². The second-order valence-electron chi connectivity index (χ2n) is 8.99. The van der Waals surface area contributed by atoms with Crippen molar-refractivity contribution in [2.75, 3.05) is 26.7 Å². The molecular weight excluding hydrogens is 502 g/mol. The summed E-state index contributed by atoms with van der Waals surface area (Å²) in [7, 11) is 1.60. The van der Waals surface area contributed by atoms with E-state index in [2.05, 4.69) is 5.32 Å². The number of nitrogens with zero attached hydrogens (tertiary/aromatic N) is 2. The molecular formula is C25H26Cl2F3N3O2. The highest BCUT2D eigenvalue weighted by molar-refractivity contribution is 6.36. The Kier molecular flexibility index (Phi) is 7.52. The van der Waals surface area contributed by atoms with Gasteiger partial charge in [0.2, 0.25) is 5.91 Å². The molecule has 3 amide bonds. The third kappa shape index (κ3) is 5.54. The van der Waals surface area contributed by atoms with Gasteiger partial charge in [0, 0.05) is 48.7 Å². The Labute approximate surface area is 212 Å². The summed E-state index contributed by atoms with van der Waals surface area (Å²) in [4.78, 5) is 28.6. The van der Waals surface area contributed by atoms with E-state index < -0.39 is 11.7 Å². The Morgan fingerprint density at radius 1 is 1.03 bits per heavy atom. The van der Waals surface area contributed by atoms with E-state index >= 15 is 0 Å². The van der Waals surface area contributed by atoms with Crippen molar-refractivity contribution in [2.24, 2.45) is 5.92 Å². The van der Waals surface area contributed by atoms with Crippen LogP contribution in [0.5, 0.6) is 0 Å². The van der Waals surface area contributed by atoms with Crippen LogP contribution < -0.4 is 5.32 Å². The molecule has 2 saturated heterocycles. The third-order valence-electron chi connectivity index (χ3n) is 6.87. The molecule has 10 heteroatoms. The van der Waals surface area contributed by atoms with Crippen LogP contribution >= 0.6 is 23.2 Å². The van der Waals surface area contributed by atoms with E-state index in [0.717, 1.165) is 25.0 Å². The summed E-state index contributed by atoms with van der Waals surface area (Å²) in [5.74, 6) is -0.209. The van der Waals surface area contributed by atoms with Crippen molar-refractivity contribution in [3.05, 3.63) is 57.6 Å². The van der Waals surface area contributed by atoms with E-state index in [0.29, 0.717) is 59.2 Å². The third-order valence-corrected chi connectivity index (χ3v) is 7.55. The van der Waals surface area contributed by atoms with E-state index in [-0.39, 0.29) is 23.9 Å². The summed E-state index contributed by atoms with van der Waals surface area (Å²) in [6.07, 6.45) is -1.93. The van der Waals surface area contributed by atoms with Gasteiger partial charge in [-0.1, -0.05) is 35.3 Å². The Morgan fingerprint density at radius 2 is 1.69 bits per heavy atom. The average Bonchev–Trinajstić information content (AvgIpc) is 3.20. The number of rotatable bonds is 4. The number of piperidine rings is 1. The van der Waals surface area contributed by atoms with Gasteiger partial charge in [0.25, 0.3) is 0 Å². The molecule has 2 heterocycles. The van der Waals surface area contributed by atoms with Gasteiger partial charge in [0.05, 0.1) is 5.56 Å². The SMILES string of the molecule is CNC(=O)N1CCC(N2CCC(Cc3c(Cl)cc(-c4cccc(C(F)(F)F)c4)cc3Cl)C2=O)CC1. The fourth-order valence-electron chi connectivity index (χ4n) is 4.94. The molecule has 2 aromatic rings. The molecule has 5 nitrogen and oxygen atoms in total. The van der Waals surface area contributed by atoms with Crippen LogP contribution in [-0.4, -0.2) is 54.5 Å². The van der Waals surface area contributed by atoms with Crippen LogP contribution in [0.4, 0.5) is 18.0 Å². The standard InChI is InChI=1S/C25H26Cl2F3N3O2/c1-31-24(35)32-8-6-19(7-9-32)33-10-5-16(23(33)34)12-20-21(26)13-17(14-22(20)27)15-3-2-4-18(11-15)25(28,29)30/h2-4,11,13-14,16,19H,5-10,12H2,1H3,(H,31,35).